The van der Waals surface area contributed by atoms with E-state index in [4.69, 9.17) is 0 Å². The van der Waals surface area contributed by atoms with Crippen LogP contribution in [0.4, 0.5) is 18.9 Å². The topological polar surface area (TPSA) is 70.2 Å². The average Bonchev–Trinajstić information content (AvgIpc) is 3.21. The number of alkyl halides is 3. The van der Waals surface area contributed by atoms with Crippen LogP contribution in [0.15, 0.2) is 48.5 Å². The van der Waals surface area contributed by atoms with Crippen molar-refractivity contribution in [3.8, 4) is 0 Å². The predicted octanol–water partition coefficient (Wildman–Crippen LogP) is 3.33. The maximum atomic E-state index is 12.6. The molecule has 0 aliphatic carbocycles. The minimum absolute atomic E-state index is 0.0687. The minimum atomic E-state index is -4.43. The van der Waals surface area contributed by atoms with Crippen molar-refractivity contribution >= 4 is 17.5 Å². The lowest BCUT2D eigenvalue weighted by atomic mass is 10.1. The first-order valence-electron chi connectivity index (χ1n) is 8.91. The molecule has 2 aromatic carbocycles. The molecular formula is C20H20F3N3O2. The molecule has 3 N–H and O–H groups in total. The van der Waals surface area contributed by atoms with Crippen LogP contribution in [0.3, 0.4) is 0 Å². The SMILES string of the molecule is O=C(NCc1ccc(NC(=O)C2CCCN2)cc1)c1ccc(C(F)(F)F)cc1. The summed E-state index contributed by atoms with van der Waals surface area (Å²) < 4.78 is 37.7. The van der Waals surface area contributed by atoms with E-state index in [-0.39, 0.29) is 24.1 Å². The summed E-state index contributed by atoms with van der Waals surface area (Å²) in [6.07, 6.45) is -2.63. The third-order valence-corrected chi connectivity index (χ3v) is 4.53. The van der Waals surface area contributed by atoms with Gasteiger partial charge >= 0.3 is 6.18 Å². The molecule has 0 bridgehead atoms. The minimum Gasteiger partial charge on any atom is -0.348 e. The number of hydrogen-bond acceptors (Lipinski definition) is 3. The van der Waals surface area contributed by atoms with Gasteiger partial charge in [-0.3, -0.25) is 9.59 Å². The highest BCUT2D eigenvalue weighted by molar-refractivity contribution is 5.95. The highest BCUT2D eigenvalue weighted by Gasteiger charge is 2.30. The molecule has 0 saturated carbocycles. The standard InChI is InChI=1S/C20H20F3N3O2/c21-20(22,23)15-7-5-14(6-8-15)18(27)25-12-13-3-9-16(10-4-13)26-19(28)17-2-1-11-24-17/h3-10,17,24H,1-2,11-12H2,(H,25,27)(H,26,28). The number of anilines is 1. The summed E-state index contributed by atoms with van der Waals surface area (Å²) >= 11 is 0. The molecule has 1 unspecified atom stereocenters. The van der Waals surface area contributed by atoms with Crippen LogP contribution < -0.4 is 16.0 Å². The molecule has 0 spiro atoms. The second-order valence-corrected chi connectivity index (χ2v) is 6.59. The Morgan fingerprint density at radius 1 is 1.04 bits per heavy atom. The molecule has 1 fully saturated rings. The molecule has 0 aromatic heterocycles. The fourth-order valence-electron chi connectivity index (χ4n) is 2.94. The van der Waals surface area contributed by atoms with Crippen molar-refractivity contribution < 1.29 is 22.8 Å². The molecule has 0 radical (unpaired) electrons. The van der Waals surface area contributed by atoms with E-state index in [0.717, 1.165) is 49.2 Å². The Labute approximate surface area is 160 Å². The smallest absolute Gasteiger partial charge is 0.348 e. The zero-order valence-corrected chi connectivity index (χ0v) is 15.0. The zero-order valence-electron chi connectivity index (χ0n) is 15.0. The van der Waals surface area contributed by atoms with Crippen LogP contribution >= 0.6 is 0 Å². The normalized spacial score (nSPS) is 16.6. The first kappa shape index (κ1) is 19.9. The van der Waals surface area contributed by atoms with E-state index in [1.165, 1.54) is 0 Å². The van der Waals surface area contributed by atoms with Crippen molar-refractivity contribution in [3.63, 3.8) is 0 Å². The van der Waals surface area contributed by atoms with Gasteiger partial charge in [0, 0.05) is 17.8 Å². The Hall–Kier alpha value is -2.87. The Balaban J connectivity index is 1.51. The van der Waals surface area contributed by atoms with Crippen LogP contribution in [0, 0.1) is 0 Å². The van der Waals surface area contributed by atoms with Gasteiger partial charge in [-0.1, -0.05) is 12.1 Å². The second-order valence-electron chi connectivity index (χ2n) is 6.59. The molecule has 1 heterocycles. The summed E-state index contributed by atoms with van der Waals surface area (Å²) in [7, 11) is 0. The van der Waals surface area contributed by atoms with Gasteiger partial charge in [-0.05, 0) is 61.3 Å². The summed E-state index contributed by atoms with van der Waals surface area (Å²) in [5, 5.41) is 8.63. The molecule has 3 rings (SSSR count). The Kier molecular flexibility index (Phi) is 5.99. The van der Waals surface area contributed by atoms with Gasteiger partial charge in [0.05, 0.1) is 11.6 Å². The quantitative estimate of drug-likeness (QED) is 0.732. The van der Waals surface area contributed by atoms with E-state index in [0.29, 0.717) is 5.69 Å². The summed E-state index contributed by atoms with van der Waals surface area (Å²) in [4.78, 5) is 24.1. The number of hydrogen-bond donors (Lipinski definition) is 3. The highest BCUT2D eigenvalue weighted by Crippen LogP contribution is 2.29. The lowest BCUT2D eigenvalue weighted by Gasteiger charge is -2.12. The third-order valence-electron chi connectivity index (χ3n) is 4.53. The van der Waals surface area contributed by atoms with Crippen molar-refractivity contribution in [1.29, 1.82) is 0 Å². The van der Waals surface area contributed by atoms with Gasteiger partial charge in [-0.2, -0.15) is 13.2 Å². The fraction of sp³-hybridized carbons (Fsp3) is 0.300. The number of rotatable bonds is 5. The molecule has 28 heavy (non-hydrogen) atoms. The van der Waals surface area contributed by atoms with Crippen molar-refractivity contribution in [1.82, 2.24) is 10.6 Å². The van der Waals surface area contributed by atoms with Crippen molar-refractivity contribution in [2.75, 3.05) is 11.9 Å². The van der Waals surface area contributed by atoms with E-state index in [2.05, 4.69) is 16.0 Å². The zero-order chi connectivity index (χ0) is 20.1. The molecule has 1 aliphatic rings. The molecule has 5 nitrogen and oxygen atoms in total. The van der Waals surface area contributed by atoms with Crippen LogP contribution in [-0.2, 0) is 17.5 Å². The summed E-state index contributed by atoms with van der Waals surface area (Å²) in [5.74, 6) is -0.528. The van der Waals surface area contributed by atoms with Crippen LogP contribution in [-0.4, -0.2) is 24.4 Å². The van der Waals surface area contributed by atoms with Gasteiger partial charge in [0.25, 0.3) is 5.91 Å². The van der Waals surface area contributed by atoms with Crippen molar-refractivity contribution in [2.45, 2.75) is 31.6 Å². The van der Waals surface area contributed by atoms with Crippen LogP contribution in [0.1, 0.15) is 34.3 Å². The predicted molar refractivity (Wildman–Crippen MR) is 98.7 cm³/mol. The molecular weight excluding hydrogens is 371 g/mol. The van der Waals surface area contributed by atoms with Gasteiger partial charge in [0.2, 0.25) is 5.91 Å². The van der Waals surface area contributed by atoms with Crippen LogP contribution in [0.5, 0.6) is 0 Å². The molecule has 1 atom stereocenters. The maximum absolute atomic E-state index is 12.6. The summed E-state index contributed by atoms with van der Waals surface area (Å²) in [5.41, 5.74) is 0.823. The Bertz CT molecular complexity index is 827. The molecule has 8 heteroatoms. The lowest BCUT2D eigenvalue weighted by molar-refractivity contribution is -0.137. The number of carbonyl (C=O) groups excluding carboxylic acids is 2. The van der Waals surface area contributed by atoms with E-state index >= 15 is 0 Å². The summed E-state index contributed by atoms with van der Waals surface area (Å²) in [6, 6.07) is 10.9. The fourth-order valence-corrected chi connectivity index (χ4v) is 2.94. The number of amides is 2. The lowest BCUT2D eigenvalue weighted by Crippen LogP contribution is -2.35. The number of halogens is 3. The number of benzene rings is 2. The van der Waals surface area contributed by atoms with Crippen molar-refractivity contribution in [3.05, 3.63) is 65.2 Å². The molecule has 1 aliphatic heterocycles. The van der Waals surface area contributed by atoms with E-state index < -0.39 is 17.6 Å². The summed E-state index contributed by atoms with van der Waals surface area (Å²) in [6.45, 7) is 1.06. The average molecular weight is 391 g/mol. The molecule has 2 aromatic rings. The molecule has 1 saturated heterocycles. The van der Waals surface area contributed by atoms with E-state index in [9.17, 15) is 22.8 Å². The largest absolute Gasteiger partial charge is 0.416 e. The first-order chi connectivity index (χ1) is 13.3. The second kappa shape index (κ2) is 8.43. The number of nitrogens with one attached hydrogen (secondary N) is 3. The monoisotopic (exact) mass is 391 g/mol. The highest BCUT2D eigenvalue weighted by atomic mass is 19.4. The Morgan fingerprint density at radius 2 is 1.71 bits per heavy atom. The maximum Gasteiger partial charge on any atom is 0.416 e. The van der Waals surface area contributed by atoms with Gasteiger partial charge in [-0.25, -0.2) is 0 Å². The Morgan fingerprint density at radius 3 is 2.29 bits per heavy atom. The molecule has 2 amide bonds. The third kappa shape index (κ3) is 5.10. The molecule has 148 valence electrons. The van der Waals surface area contributed by atoms with Gasteiger partial charge in [0.15, 0.2) is 0 Å². The van der Waals surface area contributed by atoms with Gasteiger partial charge in [-0.15, -0.1) is 0 Å². The first-order valence-corrected chi connectivity index (χ1v) is 8.91. The number of carbonyl (C=O) groups is 2. The van der Waals surface area contributed by atoms with E-state index in [1.54, 1.807) is 24.3 Å². The van der Waals surface area contributed by atoms with Gasteiger partial charge in [0.1, 0.15) is 0 Å². The van der Waals surface area contributed by atoms with Crippen LogP contribution in [0.2, 0.25) is 0 Å². The van der Waals surface area contributed by atoms with Crippen LogP contribution in [0.25, 0.3) is 0 Å². The van der Waals surface area contributed by atoms with E-state index in [1.807, 2.05) is 0 Å². The van der Waals surface area contributed by atoms with Gasteiger partial charge < -0.3 is 16.0 Å². The van der Waals surface area contributed by atoms with Crippen molar-refractivity contribution in [2.24, 2.45) is 0 Å².